The number of amides is 2. The summed E-state index contributed by atoms with van der Waals surface area (Å²) in [6.07, 6.45) is -0.897. The summed E-state index contributed by atoms with van der Waals surface area (Å²) >= 11 is 0. The lowest BCUT2D eigenvalue weighted by molar-refractivity contribution is -0.384. The third-order valence-electron chi connectivity index (χ3n) is 4.65. The van der Waals surface area contributed by atoms with Crippen molar-refractivity contribution in [3.63, 3.8) is 0 Å². The van der Waals surface area contributed by atoms with E-state index in [1.807, 2.05) is 19.9 Å². The predicted octanol–water partition coefficient (Wildman–Crippen LogP) is 3.11. The second-order valence-corrected chi connectivity index (χ2v) is 6.64. The highest BCUT2D eigenvalue weighted by molar-refractivity contribution is 5.89. The fraction of sp³-hybridized carbons (Fsp3) is 0.278. The monoisotopic (exact) mass is 341 g/mol. The lowest BCUT2D eigenvalue weighted by atomic mass is 9.84. The number of nitro groups is 1. The number of benzene rings is 2. The summed E-state index contributed by atoms with van der Waals surface area (Å²) in [7, 11) is 0. The van der Waals surface area contributed by atoms with Crippen molar-refractivity contribution >= 4 is 17.4 Å². The number of carbonyl (C=O) groups excluding carboxylic acids is 1. The van der Waals surface area contributed by atoms with Crippen LogP contribution in [0.2, 0.25) is 0 Å². The average Bonchev–Trinajstić information content (AvgIpc) is 2.76. The smallest absolute Gasteiger partial charge is 0.319 e. The van der Waals surface area contributed by atoms with Gasteiger partial charge in [-0.25, -0.2) is 4.79 Å². The number of nitro benzene ring substituents is 1. The SMILES string of the molecule is CC1(C)c2ccc([N+](=O)[O-])cc2[C@@H](NC(=O)Nc2ccccc2)[C@@H]1O. The molecule has 7 heteroatoms. The summed E-state index contributed by atoms with van der Waals surface area (Å²) in [5, 5.41) is 27.1. The van der Waals surface area contributed by atoms with Gasteiger partial charge in [0.2, 0.25) is 0 Å². The first kappa shape index (κ1) is 16.9. The standard InChI is InChI=1S/C18H19N3O4/c1-18(2)14-9-8-12(21(24)25)10-13(14)15(16(18)22)20-17(23)19-11-6-4-3-5-7-11/h3-10,15-16,22H,1-2H3,(H2,19,20,23)/t15-,16+/m1/s1. The molecule has 0 saturated carbocycles. The molecule has 0 bridgehead atoms. The highest BCUT2D eigenvalue weighted by Gasteiger charge is 2.46. The van der Waals surface area contributed by atoms with Gasteiger partial charge >= 0.3 is 6.03 Å². The molecule has 0 unspecified atom stereocenters. The molecular weight excluding hydrogens is 322 g/mol. The molecule has 3 N–H and O–H groups in total. The van der Waals surface area contributed by atoms with Crippen molar-refractivity contribution in [2.45, 2.75) is 31.4 Å². The second kappa shape index (κ2) is 6.18. The number of nitrogens with one attached hydrogen (secondary N) is 2. The predicted molar refractivity (Wildman–Crippen MR) is 93.5 cm³/mol. The number of non-ortho nitro benzene ring substituents is 1. The number of aliphatic hydroxyl groups excluding tert-OH is 1. The molecule has 3 rings (SSSR count). The quantitative estimate of drug-likeness (QED) is 0.589. The highest BCUT2D eigenvalue weighted by atomic mass is 16.6. The van der Waals surface area contributed by atoms with Gasteiger partial charge in [-0.1, -0.05) is 38.1 Å². The maximum absolute atomic E-state index is 12.3. The molecule has 2 aromatic rings. The lowest BCUT2D eigenvalue weighted by Crippen LogP contribution is -2.41. The van der Waals surface area contributed by atoms with E-state index < -0.39 is 28.5 Å². The van der Waals surface area contributed by atoms with Gasteiger partial charge in [0.05, 0.1) is 17.1 Å². The van der Waals surface area contributed by atoms with E-state index in [2.05, 4.69) is 10.6 Å². The summed E-state index contributed by atoms with van der Waals surface area (Å²) < 4.78 is 0. The van der Waals surface area contributed by atoms with E-state index in [0.717, 1.165) is 5.56 Å². The Morgan fingerprint density at radius 1 is 1.20 bits per heavy atom. The summed E-state index contributed by atoms with van der Waals surface area (Å²) in [5.74, 6) is 0. The summed E-state index contributed by atoms with van der Waals surface area (Å²) in [4.78, 5) is 22.9. The van der Waals surface area contributed by atoms with Gasteiger partial charge in [0.1, 0.15) is 0 Å². The first-order chi connectivity index (χ1) is 11.8. The number of rotatable bonds is 3. The Kier molecular flexibility index (Phi) is 4.18. The normalized spacial score (nSPS) is 20.6. The topological polar surface area (TPSA) is 105 Å². The number of hydrogen-bond donors (Lipinski definition) is 3. The molecule has 0 fully saturated rings. The zero-order valence-electron chi connectivity index (χ0n) is 13.9. The van der Waals surface area contributed by atoms with Crippen molar-refractivity contribution in [3.05, 3.63) is 69.8 Å². The van der Waals surface area contributed by atoms with Gasteiger partial charge in [-0.15, -0.1) is 0 Å². The largest absolute Gasteiger partial charge is 0.390 e. The van der Waals surface area contributed by atoms with Crippen LogP contribution in [0, 0.1) is 10.1 Å². The first-order valence-corrected chi connectivity index (χ1v) is 7.90. The number of carbonyl (C=O) groups is 1. The van der Waals surface area contributed by atoms with Gasteiger partial charge in [0.15, 0.2) is 0 Å². The van der Waals surface area contributed by atoms with Crippen molar-refractivity contribution in [2.24, 2.45) is 0 Å². The molecule has 0 radical (unpaired) electrons. The molecular formula is C18H19N3O4. The van der Waals surface area contributed by atoms with E-state index in [0.29, 0.717) is 11.3 Å². The number of fused-ring (bicyclic) bond motifs is 1. The van der Waals surface area contributed by atoms with E-state index in [4.69, 9.17) is 0 Å². The van der Waals surface area contributed by atoms with Gasteiger partial charge < -0.3 is 15.7 Å². The van der Waals surface area contributed by atoms with Crippen molar-refractivity contribution in [1.82, 2.24) is 5.32 Å². The summed E-state index contributed by atoms with van der Waals surface area (Å²) in [6.45, 7) is 3.69. The highest BCUT2D eigenvalue weighted by Crippen LogP contribution is 2.45. The Bertz CT molecular complexity index is 820. The number of anilines is 1. The Hall–Kier alpha value is -2.93. The lowest BCUT2D eigenvalue weighted by Gasteiger charge is -2.27. The van der Waals surface area contributed by atoms with Crippen molar-refractivity contribution in [1.29, 1.82) is 0 Å². The van der Waals surface area contributed by atoms with Gasteiger partial charge in [0.25, 0.3) is 5.69 Å². The van der Waals surface area contributed by atoms with Crippen LogP contribution in [0.25, 0.3) is 0 Å². The number of hydrogen-bond acceptors (Lipinski definition) is 4. The Balaban J connectivity index is 1.88. The van der Waals surface area contributed by atoms with Crippen LogP contribution in [-0.2, 0) is 5.41 Å². The van der Waals surface area contributed by atoms with Crippen molar-refractivity contribution in [3.8, 4) is 0 Å². The van der Waals surface area contributed by atoms with Crippen LogP contribution in [0.1, 0.15) is 31.0 Å². The summed E-state index contributed by atoms with van der Waals surface area (Å²) in [5.41, 5.74) is 1.27. The van der Waals surface area contributed by atoms with Gasteiger partial charge in [-0.2, -0.15) is 0 Å². The van der Waals surface area contributed by atoms with Crippen LogP contribution in [0.4, 0.5) is 16.2 Å². The Morgan fingerprint density at radius 2 is 1.88 bits per heavy atom. The van der Waals surface area contributed by atoms with E-state index in [1.54, 1.807) is 30.3 Å². The minimum absolute atomic E-state index is 0.0704. The van der Waals surface area contributed by atoms with E-state index in [-0.39, 0.29) is 5.69 Å². The minimum atomic E-state index is -0.897. The molecule has 2 aromatic carbocycles. The summed E-state index contributed by atoms with van der Waals surface area (Å²) in [6, 6.07) is 12.2. The van der Waals surface area contributed by atoms with Gasteiger partial charge in [0, 0.05) is 23.2 Å². The van der Waals surface area contributed by atoms with Crippen LogP contribution in [-0.4, -0.2) is 22.2 Å². The number of aliphatic hydroxyl groups is 1. The molecule has 0 spiro atoms. The molecule has 25 heavy (non-hydrogen) atoms. The molecule has 0 aliphatic heterocycles. The maximum Gasteiger partial charge on any atom is 0.319 e. The molecule has 0 heterocycles. The molecule has 0 saturated heterocycles. The van der Waals surface area contributed by atoms with E-state index in [1.165, 1.54) is 12.1 Å². The van der Waals surface area contributed by atoms with Crippen LogP contribution in [0.3, 0.4) is 0 Å². The van der Waals surface area contributed by atoms with Crippen LogP contribution in [0.15, 0.2) is 48.5 Å². The molecule has 2 atom stereocenters. The number of nitrogens with zero attached hydrogens (tertiary/aromatic N) is 1. The molecule has 0 aromatic heterocycles. The maximum atomic E-state index is 12.3. The van der Waals surface area contributed by atoms with Gasteiger partial charge in [-0.3, -0.25) is 10.1 Å². The molecule has 130 valence electrons. The third kappa shape index (κ3) is 3.06. The fourth-order valence-electron chi connectivity index (χ4n) is 3.24. The van der Waals surface area contributed by atoms with E-state index >= 15 is 0 Å². The molecule has 2 amide bonds. The molecule has 1 aliphatic carbocycles. The first-order valence-electron chi connectivity index (χ1n) is 7.90. The minimum Gasteiger partial charge on any atom is -0.390 e. The number of para-hydroxylation sites is 1. The average molecular weight is 341 g/mol. The zero-order chi connectivity index (χ0) is 18.2. The molecule has 7 nitrogen and oxygen atoms in total. The van der Waals surface area contributed by atoms with Crippen LogP contribution in [0.5, 0.6) is 0 Å². The number of urea groups is 1. The van der Waals surface area contributed by atoms with Gasteiger partial charge in [-0.05, 0) is 23.3 Å². The zero-order valence-corrected chi connectivity index (χ0v) is 13.9. The van der Waals surface area contributed by atoms with Crippen LogP contribution < -0.4 is 10.6 Å². The van der Waals surface area contributed by atoms with Crippen molar-refractivity contribution < 1.29 is 14.8 Å². The fourth-order valence-corrected chi connectivity index (χ4v) is 3.24. The Morgan fingerprint density at radius 3 is 2.52 bits per heavy atom. The third-order valence-corrected chi connectivity index (χ3v) is 4.65. The molecule has 1 aliphatic rings. The second-order valence-electron chi connectivity index (χ2n) is 6.64. The Labute approximate surface area is 144 Å². The van der Waals surface area contributed by atoms with Crippen molar-refractivity contribution in [2.75, 3.05) is 5.32 Å². The van der Waals surface area contributed by atoms with Crippen LogP contribution >= 0.6 is 0 Å². The van der Waals surface area contributed by atoms with E-state index in [9.17, 15) is 20.0 Å².